The molecule has 1 rings (SSSR count). The van der Waals surface area contributed by atoms with Crippen LogP contribution < -0.4 is 10.1 Å². The van der Waals surface area contributed by atoms with Gasteiger partial charge in [0.25, 0.3) is 0 Å². The molecule has 2 N–H and O–H groups in total. The predicted molar refractivity (Wildman–Crippen MR) is 91.3 cm³/mol. The number of rotatable bonds is 8. The first-order valence-corrected chi connectivity index (χ1v) is 8.15. The molecule has 1 amide bonds. The number of carbonyl (C=O) groups is 2. The van der Waals surface area contributed by atoms with Gasteiger partial charge in [0.05, 0.1) is 6.61 Å². The van der Waals surface area contributed by atoms with Crippen LogP contribution in [0.1, 0.15) is 46.1 Å². The van der Waals surface area contributed by atoms with Crippen LogP contribution in [0, 0.1) is 0 Å². The molecule has 0 radical (unpaired) electrons. The van der Waals surface area contributed by atoms with Crippen molar-refractivity contribution in [2.45, 2.75) is 58.6 Å². The summed E-state index contributed by atoms with van der Waals surface area (Å²) in [6.45, 7) is 7.74. The minimum Gasteiger partial charge on any atom is -0.494 e. The fraction of sp³-hybridized carbons (Fsp3) is 0.556. The van der Waals surface area contributed by atoms with Gasteiger partial charge in [0.1, 0.15) is 17.4 Å². The maximum absolute atomic E-state index is 11.7. The molecule has 0 heterocycles. The third-order valence-electron chi connectivity index (χ3n) is 3.18. The number of benzene rings is 1. The van der Waals surface area contributed by atoms with E-state index < -0.39 is 23.7 Å². The summed E-state index contributed by atoms with van der Waals surface area (Å²) >= 11 is 0. The highest BCUT2D eigenvalue weighted by atomic mass is 16.6. The lowest BCUT2D eigenvalue weighted by molar-refractivity contribution is -0.139. The van der Waals surface area contributed by atoms with Gasteiger partial charge < -0.3 is 19.9 Å². The Hall–Kier alpha value is -2.24. The number of hydrogen-bond acceptors (Lipinski definition) is 4. The number of carbonyl (C=O) groups excluding carboxylic acids is 1. The second kappa shape index (κ2) is 9.15. The zero-order chi connectivity index (χ0) is 18.2. The van der Waals surface area contributed by atoms with E-state index >= 15 is 0 Å². The first kappa shape index (κ1) is 19.8. The van der Waals surface area contributed by atoms with Crippen LogP contribution in [0.5, 0.6) is 5.75 Å². The highest BCUT2D eigenvalue weighted by Gasteiger charge is 2.23. The molecule has 24 heavy (non-hydrogen) atoms. The first-order chi connectivity index (χ1) is 11.2. The van der Waals surface area contributed by atoms with E-state index in [4.69, 9.17) is 9.47 Å². The van der Waals surface area contributed by atoms with Gasteiger partial charge in [-0.25, -0.2) is 9.59 Å². The van der Waals surface area contributed by atoms with E-state index in [0.717, 1.165) is 17.7 Å². The molecule has 1 atom stereocenters. The van der Waals surface area contributed by atoms with Crippen LogP contribution in [0.25, 0.3) is 0 Å². The number of alkyl carbamates (subject to hydrolysis) is 1. The summed E-state index contributed by atoms with van der Waals surface area (Å²) in [4.78, 5) is 23.0. The molecule has 0 unspecified atom stereocenters. The van der Waals surface area contributed by atoms with Crippen LogP contribution in [0.4, 0.5) is 4.79 Å². The maximum atomic E-state index is 11.7. The van der Waals surface area contributed by atoms with Crippen molar-refractivity contribution < 1.29 is 24.2 Å². The summed E-state index contributed by atoms with van der Waals surface area (Å²) in [5.41, 5.74) is 0.440. The molecule has 0 aromatic heterocycles. The van der Waals surface area contributed by atoms with Crippen LogP contribution in [-0.4, -0.2) is 35.4 Å². The van der Waals surface area contributed by atoms with E-state index in [1.807, 2.05) is 31.2 Å². The number of amides is 1. The van der Waals surface area contributed by atoms with Crippen LogP contribution in [-0.2, 0) is 16.0 Å². The molecule has 0 saturated heterocycles. The SMILES string of the molecule is CCOc1ccc(CCC[C@H](NC(=O)OC(C)(C)C)C(=O)O)cc1. The molecule has 1 aromatic rings. The molecule has 0 aliphatic heterocycles. The van der Waals surface area contributed by atoms with Gasteiger partial charge in [-0.05, 0) is 64.7 Å². The molecule has 6 heteroatoms. The monoisotopic (exact) mass is 337 g/mol. The lowest BCUT2D eigenvalue weighted by Gasteiger charge is -2.22. The van der Waals surface area contributed by atoms with Crippen molar-refractivity contribution in [3.05, 3.63) is 29.8 Å². The van der Waals surface area contributed by atoms with Gasteiger partial charge >= 0.3 is 12.1 Å². The Morgan fingerprint density at radius 3 is 2.33 bits per heavy atom. The lowest BCUT2D eigenvalue weighted by atomic mass is 10.0. The lowest BCUT2D eigenvalue weighted by Crippen LogP contribution is -2.43. The molecule has 0 spiro atoms. The number of aryl methyl sites for hydroxylation is 1. The summed E-state index contributed by atoms with van der Waals surface area (Å²) in [7, 11) is 0. The van der Waals surface area contributed by atoms with Crippen molar-refractivity contribution in [1.82, 2.24) is 5.32 Å². The Labute approximate surface area is 143 Å². The summed E-state index contributed by atoms with van der Waals surface area (Å²) in [6.07, 6.45) is 0.991. The van der Waals surface area contributed by atoms with E-state index in [2.05, 4.69) is 5.32 Å². The van der Waals surface area contributed by atoms with Gasteiger partial charge in [0.15, 0.2) is 0 Å². The molecule has 0 saturated carbocycles. The summed E-state index contributed by atoms with van der Waals surface area (Å²) in [5.74, 6) is -0.246. The fourth-order valence-electron chi connectivity index (χ4n) is 2.14. The van der Waals surface area contributed by atoms with E-state index in [1.54, 1.807) is 20.8 Å². The molecule has 6 nitrogen and oxygen atoms in total. The highest BCUT2D eigenvalue weighted by Crippen LogP contribution is 2.14. The number of carboxylic acid groups (broad SMARTS) is 1. The molecule has 0 aliphatic rings. The van der Waals surface area contributed by atoms with Crippen molar-refractivity contribution in [3.63, 3.8) is 0 Å². The summed E-state index contributed by atoms with van der Waals surface area (Å²) in [5, 5.41) is 11.6. The Morgan fingerprint density at radius 1 is 1.21 bits per heavy atom. The van der Waals surface area contributed by atoms with Crippen molar-refractivity contribution >= 4 is 12.1 Å². The van der Waals surface area contributed by atoms with E-state index in [1.165, 1.54) is 0 Å². The van der Waals surface area contributed by atoms with Gasteiger partial charge in [-0.3, -0.25) is 0 Å². The van der Waals surface area contributed by atoms with Crippen LogP contribution in [0.3, 0.4) is 0 Å². The highest BCUT2D eigenvalue weighted by molar-refractivity contribution is 5.79. The standard InChI is InChI=1S/C18H27NO5/c1-5-23-14-11-9-13(10-12-14)7-6-8-15(16(20)21)19-17(22)24-18(2,3)4/h9-12,15H,5-8H2,1-4H3,(H,19,22)(H,20,21)/t15-/m0/s1. The van der Waals surface area contributed by atoms with Crippen molar-refractivity contribution in [3.8, 4) is 5.75 Å². The quantitative estimate of drug-likeness (QED) is 0.759. The Morgan fingerprint density at radius 2 is 1.83 bits per heavy atom. The molecule has 0 aliphatic carbocycles. The Kier molecular flexibility index (Phi) is 7.55. The molecule has 134 valence electrons. The molecular weight excluding hydrogens is 310 g/mol. The van der Waals surface area contributed by atoms with Crippen LogP contribution >= 0.6 is 0 Å². The summed E-state index contributed by atoms with van der Waals surface area (Å²) in [6, 6.07) is 6.76. The Bertz CT molecular complexity index is 533. The van der Waals surface area contributed by atoms with Crippen LogP contribution in [0.15, 0.2) is 24.3 Å². The number of hydrogen-bond donors (Lipinski definition) is 2. The maximum Gasteiger partial charge on any atom is 0.408 e. The number of nitrogens with one attached hydrogen (secondary N) is 1. The Balaban J connectivity index is 2.46. The first-order valence-electron chi connectivity index (χ1n) is 8.15. The fourth-order valence-corrected chi connectivity index (χ4v) is 2.14. The summed E-state index contributed by atoms with van der Waals surface area (Å²) < 4.78 is 10.5. The third-order valence-corrected chi connectivity index (χ3v) is 3.18. The van der Waals surface area contributed by atoms with E-state index in [-0.39, 0.29) is 0 Å². The zero-order valence-corrected chi connectivity index (χ0v) is 14.8. The average molecular weight is 337 g/mol. The van der Waals surface area contributed by atoms with Gasteiger partial charge in [-0.2, -0.15) is 0 Å². The predicted octanol–water partition coefficient (Wildman–Crippen LogP) is 3.39. The molecular formula is C18H27NO5. The topological polar surface area (TPSA) is 84.9 Å². The minimum absolute atomic E-state index is 0.335. The number of carboxylic acids is 1. The van der Waals surface area contributed by atoms with Crippen molar-refractivity contribution in [1.29, 1.82) is 0 Å². The normalized spacial score (nSPS) is 12.3. The van der Waals surface area contributed by atoms with Gasteiger partial charge in [0.2, 0.25) is 0 Å². The van der Waals surface area contributed by atoms with E-state index in [9.17, 15) is 14.7 Å². The minimum atomic E-state index is -1.06. The smallest absolute Gasteiger partial charge is 0.408 e. The van der Waals surface area contributed by atoms with Gasteiger partial charge in [-0.1, -0.05) is 12.1 Å². The third kappa shape index (κ3) is 7.85. The average Bonchev–Trinajstić information content (AvgIpc) is 2.46. The second-order valence-electron chi connectivity index (χ2n) is 6.51. The van der Waals surface area contributed by atoms with Crippen molar-refractivity contribution in [2.75, 3.05) is 6.61 Å². The van der Waals surface area contributed by atoms with Crippen LogP contribution in [0.2, 0.25) is 0 Å². The molecule has 0 fully saturated rings. The number of ether oxygens (including phenoxy) is 2. The molecule has 1 aromatic carbocycles. The van der Waals surface area contributed by atoms with Gasteiger partial charge in [-0.15, -0.1) is 0 Å². The zero-order valence-electron chi connectivity index (χ0n) is 14.8. The number of aliphatic carboxylic acids is 1. The molecule has 0 bridgehead atoms. The largest absolute Gasteiger partial charge is 0.494 e. The van der Waals surface area contributed by atoms with E-state index in [0.29, 0.717) is 19.4 Å². The van der Waals surface area contributed by atoms with Gasteiger partial charge in [0, 0.05) is 0 Å². The second-order valence-corrected chi connectivity index (χ2v) is 6.51. The van der Waals surface area contributed by atoms with Crippen molar-refractivity contribution in [2.24, 2.45) is 0 Å².